The quantitative estimate of drug-likeness (QED) is 0.629. The molecule has 114 valence electrons. The predicted molar refractivity (Wildman–Crippen MR) is 78.3 cm³/mol. The lowest BCUT2D eigenvalue weighted by Gasteiger charge is -2.11. The van der Waals surface area contributed by atoms with Crippen molar-refractivity contribution in [1.82, 2.24) is 10.3 Å². The summed E-state index contributed by atoms with van der Waals surface area (Å²) in [5.74, 6) is -0.867. The van der Waals surface area contributed by atoms with Crippen molar-refractivity contribution >= 4 is 23.6 Å². The number of rotatable bonds is 6. The van der Waals surface area contributed by atoms with Gasteiger partial charge in [-0.05, 0) is 31.2 Å². The summed E-state index contributed by atoms with van der Waals surface area (Å²) in [5, 5.41) is 3.28. The summed E-state index contributed by atoms with van der Waals surface area (Å²) in [6.07, 6.45) is 5.48. The van der Waals surface area contributed by atoms with E-state index < -0.39 is 5.97 Å². The standard InChI is InChI=1S/C14H18N2O4S/c1-21-13-11(5-2-6-15-13)14(18)20-9-12(17)16-8-10-4-3-7-19-10/h2,5-6,10H,3-4,7-9H2,1H3,(H,16,17). The second-order valence-electron chi connectivity index (χ2n) is 4.58. The molecule has 1 aromatic heterocycles. The number of nitrogens with one attached hydrogen (secondary N) is 1. The molecule has 0 bridgehead atoms. The molecule has 1 fully saturated rings. The number of nitrogens with zero attached hydrogens (tertiary/aromatic N) is 1. The third-order valence-electron chi connectivity index (χ3n) is 3.07. The molecule has 0 aliphatic carbocycles. The molecule has 2 heterocycles. The zero-order chi connectivity index (χ0) is 15.1. The summed E-state index contributed by atoms with van der Waals surface area (Å²) in [5.41, 5.74) is 0.372. The summed E-state index contributed by atoms with van der Waals surface area (Å²) in [6.45, 7) is 0.904. The van der Waals surface area contributed by atoms with Crippen LogP contribution in [0.4, 0.5) is 0 Å². The van der Waals surface area contributed by atoms with Gasteiger partial charge in [-0.1, -0.05) is 0 Å². The molecular formula is C14H18N2O4S. The Morgan fingerprint density at radius 2 is 2.43 bits per heavy atom. The van der Waals surface area contributed by atoms with Gasteiger partial charge in [-0.3, -0.25) is 4.79 Å². The second kappa shape index (κ2) is 7.99. The van der Waals surface area contributed by atoms with Crippen LogP contribution in [0.25, 0.3) is 0 Å². The molecule has 1 atom stereocenters. The van der Waals surface area contributed by atoms with Crippen LogP contribution < -0.4 is 5.32 Å². The molecule has 1 saturated heterocycles. The average molecular weight is 310 g/mol. The first-order valence-corrected chi connectivity index (χ1v) is 7.97. The Balaban J connectivity index is 1.76. The van der Waals surface area contributed by atoms with E-state index in [1.165, 1.54) is 11.8 Å². The predicted octanol–water partition coefficient (Wildman–Crippen LogP) is 1.26. The monoisotopic (exact) mass is 310 g/mol. The SMILES string of the molecule is CSc1ncccc1C(=O)OCC(=O)NCC1CCCO1. The van der Waals surface area contributed by atoms with Gasteiger partial charge in [0, 0.05) is 19.3 Å². The summed E-state index contributed by atoms with van der Waals surface area (Å²) in [6, 6.07) is 3.29. The number of aromatic nitrogens is 1. The molecule has 2 rings (SSSR count). The molecule has 6 nitrogen and oxygen atoms in total. The Morgan fingerprint density at radius 1 is 1.57 bits per heavy atom. The molecule has 1 aromatic rings. The van der Waals surface area contributed by atoms with Crippen LogP contribution in [0.5, 0.6) is 0 Å². The Morgan fingerprint density at radius 3 is 3.14 bits per heavy atom. The number of carbonyl (C=O) groups excluding carboxylic acids is 2. The highest BCUT2D eigenvalue weighted by atomic mass is 32.2. The summed E-state index contributed by atoms with van der Waals surface area (Å²) < 4.78 is 10.4. The summed E-state index contributed by atoms with van der Waals surface area (Å²) >= 11 is 1.36. The lowest BCUT2D eigenvalue weighted by atomic mass is 10.2. The highest BCUT2D eigenvalue weighted by Crippen LogP contribution is 2.17. The number of hydrogen-bond acceptors (Lipinski definition) is 6. The number of amides is 1. The maximum absolute atomic E-state index is 11.9. The van der Waals surface area contributed by atoms with Gasteiger partial charge >= 0.3 is 5.97 Å². The van der Waals surface area contributed by atoms with Crippen molar-refractivity contribution in [3.63, 3.8) is 0 Å². The summed E-state index contributed by atoms with van der Waals surface area (Å²) in [4.78, 5) is 27.6. The van der Waals surface area contributed by atoms with Crippen LogP contribution in [-0.4, -0.2) is 49.0 Å². The van der Waals surface area contributed by atoms with E-state index >= 15 is 0 Å². The average Bonchev–Trinajstić information content (AvgIpc) is 3.04. The number of carbonyl (C=O) groups is 2. The fourth-order valence-electron chi connectivity index (χ4n) is 2.00. The first-order chi connectivity index (χ1) is 10.2. The minimum absolute atomic E-state index is 0.0751. The molecule has 7 heteroatoms. The third-order valence-corrected chi connectivity index (χ3v) is 3.78. The zero-order valence-electron chi connectivity index (χ0n) is 11.8. The van der Waals surface area contributed by atoms with E-state index in [4.69, 9.17) is 9.47 Å². The largest absolute Gasteiger partial charge is 0.452 e. The second-order valence-corrected chi connectivity index (χ2v) is 5.37. The minimum Gasteiger partial charge on any atom is -0.452 e. The smallest absolute Gasteiger partial charge is 0.341 e. The number of thioether (sulfide) groups is 1. The van der Waals surface area contributed by atoms with E-state index in [0.29, 0.717) is 17.1 Å². The number of ether oxygens (including phenoxy) is 2. The van der Waals surface area contributed by atoms with Crippen molar-refractivity contribution in [2.24, 2.45) is 0 Å². The van der Waals surface area contributed by atoms with E-state index in [1.54, 1.807) is 18.3 Å². The van der Waals surface area contributed by atoms with Gasteiger partial charge < -0.3 is 14.8 Å². The van der Waals surface area contributed by atoms with Crippen molar-refractivity contribution in [3.8, 4) is 0 Å². The van der Waals surface area contributed by atoms with E-state index in [9.17, 15) is 9.59 Å². The maximum Gasteiger partial charge on any atom is 0.341 e. The molecule has 0 spiro atoms. The number of hydrogen-bond donors (Lipinski definition) is 1. The maximum atomic E-state index is 11.9. The zero-order valence-corrected chi connectivity index (χ0v) is 12.6. The Hall–Kier alpha value is -1.60. The summed E-state index contributed by atoms with van der Waals surface area (Å²) in [7, 11) is 0. The highest BCUT2D eigenvalue weighted by Gasteiger charge is 2.18. The van der Waals surface area contributed by atoms with Crippen LogP contribution >= 0.6 is 11.8 Å². The van der Waals surface area contributed by atoms with Crippen LogP contribution in [0.2, 0.25) is 0 Å². The van der Waals surface area contributed by atoms with Crippen LogP contribution in [0.15, 0.2) is 23.4 Å². The van der Waals surface area contributed by atoms with Crippen LogP contribution in [0.3, 0.4) is 0 Å². The van der Waals surface area contributed by atoms with Crippen LogP contribution in [0, 0.1) is 0 Å². The van der Waals surface area contributed by atoms with Crippen molar-refractivity contribution < 1.29 is 19.1 Å². The van der Waals surface area contributed by atoms with Gasteiger partial charge in [0.15, 0.2) is 6.61 Å². The highest BCUT2D eigenvalue weighted by molar-refractivity contribution is 7.98. The van der Waals surface area contributed by atoms with Crippen LogP contribution in [0.1, 0.15) is 23.2 Å². The van der Waals surface area contributed by atoms with E-state index in [-0.39, 0.29) is 18.6 Å². The molecule has 1 amide bonds. The molecular weight excluding hydrogens is 292 g/mol. The molecule has 1 aliphatic heterocycles. The van der Waals surface area contributed by atoms with Crippen molar-refractivity contribution in [2.75, 3.05) is 26.0 Å². The van der Waals surface area contributed by atoms with E-state index in [1.807, 2.05) is 6.26 Å². The van der Waals surface area contributed by atoms with Crippen molar-refractivity contribution in [3.05, 3.63) is 23.9 Å². The van der Waals surface area contributed by atoms with Gasteiger partial charge in [0.25, 0.3) is 5.91 Å². The molecule has 1 unspecified atom stereocenters. The van der Waals surface area contributed by atoms with Crippen molar-refractivity contribution in [2.45, 2.75) is 24.0 Å². The molecule has 1 aliphatic rings. The lowest BCUT2D eigenvalue weighted by molar-refractivity contribution is -0.124. The molecule has 0 saturated carbocycles. The topological polar surface area (TPSA) is 77.5 Å². The molecule has 1 N–H and O–H groups in total. The Kier molecular flexibility index (Phi) is 6.01. The Bertz CT molecular complexity index is 504. The molecule has 0 aromatic carbocycles. The van der Waals surface area contributed by atoms with Gasteiger partial charge in [0.2, 0.25) is 0 Å². The van der Waals surface area contributed by atoms with Gasteiger partial charge in [-0.15, -0.1) is 11.8 Å². The van der Waals surface area contributed by atoms with Gasteiger partial charge in [-0.2, -0.15) is 0 Å². The molecule has 21 heavy (non-hydrogen) atoms. The van der Waals surface area contributed by atoms with Crippen molar-refractivity contribution in [1.29, 1.82) is 0 Å². The Labute approximate surface area is 127 Å². The van der Waals surface area contributed by atoms with Crippen LogP contribution in [-0.2, 0) is 14.3 Å². The lowest BCUT2D eigenvalue weighted by Crippen LogP contribution is -2.34. The number of pyridine rings is 1. The minimum atomic E-state index is -0.542. The van der Waals surface area contributed by atoms with Gasteiger partial charge in [0.05, 0.1) is 11.7 Å². The fraction of sp³-hybridized carbons (Fsp3) is 0.500. The van der Waals surface area contributed by atoms with E-state index in [2.05, 4.69) is 10.3 Å². The number of esters is 1. The first kappa shape index (κ1) is 15.8. The van der Waals surface area contributed by atoms with Gasteiger partial charge in [0.1, 0.15) is 5.03 Å². The van der Waals surface area contributed by atoms with Gasteiger partial charge in [-0.25, -0.2) is 9.78 Å². The molecule has 0 radical (unpaired) electrons. The third kappa shape index (κ3) is 4.71. The first-order valence-electron chi connectivity index (χ1n) is 6.75. The fourth-order valence-corrected chi connectivity index (χ4v) is 2.54. The normalized spacial score (nSPS) is 17.5. The van der Waals surface area contributed by atoms with E-state index in [0.717, 1.165) is 19.4 Å².